The molecule has 90 valence electrons. The van der Waals surface area contributed by atoms with Crippen LogP contribution in [0.4, 0.5) is 5.69 Å². The highest BCUT2D eigenvalue weighted by Crippen LogP contribution is 2.20. The van der Waals surface area contributed by atoms with Crippen molar-refractivity contribution in [1.82, 2.24) is 4.31 Å². The molecular formula is C11H18N2O2S. The average molecular weight is 242 g/mol. The number of rotatable bonds is 4. The summed E-state index contributed by atoms with van der Waals surface area (Å²) in [6.45, 7) is 4.22. The molecule has 0 fully saturated rings. The fourth-order valence-corrected chi connectivity index (χ4v) is 2.62. The van der Waals surface area contributed by atoms with Crippen molar-refractivity contribution in [3.63, 3.8) is 0 Å². The fraction of sp³-hybridized carbons (Fsp3) is 0.455. The smallest absolute Gasteiger partial charge is 0.242 e. The first kappa shape index (κ1) is 13.0. The Hall–Kier alpha value is -1.07. The van der Waals surface area contributed by atoms with E-state index in [2.05, 4.69) is 0 Å². The molecule has 1 rings (SSSR count). The minimum atomic E-state index is -3.38. The summed E-state index contributed by atoms with van der Waals surface area (Å²) in [6.07, 6.45) is 0.801. The lowest BCUT2D eigenvalue weighted by Gasteiger charge is -2.15. The van der Waals surface area contributed by atoms with E-state index in [1.54, 1.807) is 26.1 Å². The van der Waals surface area contributed by atoms with E-state index in [1.807, 2.05) is 6.92 Å². The van der Waals surface area contributed by atoms with Gasteiger partial charge in [-0.1, -0.05) is 19.9 Å². The second-order valence-electron chi connectivity index (χ2n) is 3.63. The van der Waals surface area contributed by atoms with Crippen molar-refractivity contribution in [3.8, 4) is 0 Å². The van der Waals surface area contributed by atoms with E-state index < -0.39 is 10.0 Å². The molecule has 0 aliphatic rings. The molecule has 0 aliphatic carbocycles. The zero-order valence-corrected chi connectivity index (χ0v) is 10.7. The molecule has 0 saturated heterocycles. The molecule has 0 aliphatic heterocycles. The molecule has 0 bridgehead atoms. The van der Waals surface area contributed by atoms with Crippen LogP contribution in [0, 0.1) is 0 Å². The standard InChI is InChI=1S/C11H18N2O2S/c1-4-9-6-7-10(8-11(9)12)16(14,15)13(3)5-2/h6-8H,4-5,12H2,1-3H3. The van der Waals surface area contributed by atoms with Crippen LogP contribution in [0.5, 0.6) is 0 Å². The largest absolute Gasteiger partial charge is 0.398 e. The predicted molar refractivity (Wildman–Crippen MR) is 65.7 cm³/mol. The SMILES string of the molecule is CCc1ccc(S(=O)(=O)N(C)CC)cc1N. The predicted octanol–water partition coefficient (Wildman–Crippen LogP) is 1.47. The Morgan fingerprint density at radius 3 is 2.38 bits per heavy atom. The normalized spacial score (nSPS) is 12.0. The number of hydrogen-bond donors (Lipinski definition) is 1. The van der Waals surface area contributed by atoms with Crippen LogP contribution < -0.4 is 5.73 Å². The summed E-state index contributed by atoms with van der Waals surface area (Å²) in [5.74, 6) is 0. The molecular weight excluding hydrogens is 224 g/mol. The third-order valence-corrected chi connectivity index (χ3v) is 4.58. The van der Waals surface area contributed by atoms with Gasteiger partial charge in [0, 0.05) is 19.3 Å². The second kappa shape index (κ2) is 4.84. The molecule has 0 aromatic heterocycles. The van der Waals surface area contributed by atoms with Gasteiger partial charge < -0.3 is 5.73 Å². The van der Waals surface area contributed by atoms with Crippen molar-refractivity contribution < 1.29 is 8.42 Å². The van der Waals surface area contributed by atoms with E-state index in [0.29, 0.717) is 12.2 Å². The Bertz CT molecular complexity index is 469. The Morgan fingerprint density at radius 1 is 1.31 bits per heavy atom. The molecule has 0 unspecified atom stereocenters. The molecule has 0 radical (unpaired) electrons. The van der Waals surface area contributed by atoms with Crippen LogP contribution in [-0.2, 0) is 16.4 Å². The summed E-state index contributed by atoms with van der Waals surface area (Å²) in [6, 6.07) is 4.91. The average Bonchev–Trinajstić information content (AvgIpc) is 2.27. The highest BCUT2D eigenvalue weighted by molar-refractivity contribution is 7.89. The molecule has 0 atom stereocenters. The van der Waals surface area contributed by atoms with Crippen molar-refractivity contribution in [2.45, 2.75) is 25.2 Å². The summed E-state index contributed by atoms with van der Waals surface area (Å²) >= 11 is 0. The van der Waals surface area contributed by atoms with Crippen LogP contribution in [0.1, 0.15) is 19.4 Å². The zero-order valence-electron chi connectivity index (χ0n) is 9.90. The van der Waals surface area contributed by atoms with Gasteiger partial charge in [-0.3, -0.25) is 0 Å². The molecule has 16 heavy (non-hydrogen) atoms. The summed E-state index contributed by atoms with van der Waals surface area (Å²) in [5, 5.41) is 0. The number of nitrogens with two attached hydrogens (primary N) is 1. The minimum absolute atomic E-state index is 0.256. The van der Waals surface area contributed by atoms with Gasteiger partial charge in [0.05, 0.1) is 4.90 Å². The van der Waals surface area contributed by atoms with Crippen LogP contribution in [-0.4, -0.2) is 26.3 Å². The minimum Gasteiger partial charge on any atom is -0.398 e. The van der Waals surface area contributed by atoms with Gasteiger partial charge in [0.2, 0.25) is 10.0 Å². The third kappa shape index (κ3) is 2.36. The topological polar surface area (TPSA) is 63.4 Å². The molecule has 2 N–H and O–H groups in total. The lowest BCUT2D eigenvalue weighted by Crippen LogP contribution is -2.26. The number of hydrogen-bond acceptors (Lipinski definition) is 3. The van der Waals surface area contributed by atoms with Crippen molar-refractivity contribution >= 4 is 15.7 Å². The monoisotopic (exact) mass is 242 g/mol. The highest BCUT2D eigenvalue weighted by atomic mass is 32.2. The van der Waals surface area contributed by atoms with Gasteiger partial charge in [-0.2, -0.15) is 0 Å². The van der Waals surface area contributed by atoms with Crippen LogP contribution >= 0.6 is 0 Å². The molecule has 0 amide bonds. The Kier molecular flexibility index (Phi) is 3.93. The first-order valence-corrected chi connectivity index (χ1v) is 6.72. The van der Waals surface area contributed by atoms with Gasteiger partial charge in [-0.05, 0) is 24.1 Å². The maximum absolute atomic E-state index is 12.0. The zero-order chi connectivity index (χ0) is 12.3. The summed E-state index contributed by atoms with van der Waals surface area (Å²) < 4.78 is 25.3. The third-order valence-electron chi connectivity index (χ3n) is 2.65. The van der Waals surface area contributed by atoms with Gasteiger partial charge >= 0.3 is 0 Å². The molecule has 0 spiro atoms. The van der Waals surface area contributed by atoms with Crippen LogP contribution in [0.2, 0.25) is 0 Å². The molecule has 1 aromatic rings. The second-order valence-corrected chi connectivity index (χ2v) is 5.68. The number of anilines is 1. The first-order chi connectivity index (χ1) is 7.43. The Morgan fingerprint density at radius 2 is 1.94 bits per heavy atom. The van der Waals surface area contributed by atoms with E-state index in [-0.39, 0.29) is 4.90 Å². The lowest BCUT2D eigenvalue weighted by molar-refractivity contribution is 0.486. The van der Waals surface area contributed by atoms with Gasteiger partial charge in [0.1, 0.15) is 0 Å². The number of aryl methyl sites for hydroxylation is 1. The van der Waals surface area contributed by atoms with Crippen LogP contribution in [0.3, 0.4) is 0 Å². The van der Waals surface area contributed by atoms with E-state index in [9.17, 15) is 8.42 Å². The van der Waals surface area contributed by atoms with Crippen molar-refractivity contribution in [3.05, 3.63) is 23.8 Å². The molecule has 5 heteroatoms. The Balaban J connectivity index is 3.21. The van der Waals surface area contributed by atoms with Crippen molar-refractivity contribution in [1.29, 1.82) is 0 Å². The Labute approximate surface area is 97.1 Å². The van der Waals surface area contributed by atoms with E-state index in [4.69, 9.17) is 5.73 Å². The van der Waals surface area contributed by atoms with E-state index in [1.165, 1.54) is 10.4 Å². The van der Waals surface area contributed by atoms with E-state index in [0.717, 1.165) is 12.0 Å². The molecule has 1 aromatic carbocycles. The maximum Gasteiger partial charge on any atom is 0.242 e. The number of nitrogens with zero attached hydrogens (tertiary/aromatic N) is 1. The van der Waals surface area contributed by atoms with E-state index >= 15 is 0 Å². The van der Waals surface area contributed by atoms with Crippen molar-refractivity contribution in [2.24, 2.45) is 0 Å². The molecule has 0 saturated carbocycles. The van der Waals surface area contributed by atoms with Gasteiger partial charge in [-0.25, -0.2) is 12.7 Å². The van der Waals surface area contributed by atoms with Crippen molar-refractivity contribution in [2.75, 3.05) is 19.3 Å². The van der Waals surface area contributed by atoms with Crippen LogP contribution in [0.25, 0.3) is 0 Å². The van der Waals surface area contributed by atoms with Gasteiger partial charge in [0.25, 0.3) is 0 Å². The highest BCUT2D eigenvalue weighted by Gasteiger charge is 2.19. The maximum atomic E-state index is 12.0. The summed E-state index contributed by atoms with van der Waals surface area (Å²) in [5.41, 5.74) is 7.29. The summed E-state index contributed by atoms with van der Waals surface area (Å²) in [4.78, 5) is 0.256. The lowest BCUT2D eigenvalue weighted by atomic mass is 10.1. The quantitative estimate of drug-likeness (QED) is 0.813. The molecule has 0 heterocycles. The number of sulfonamides is 1. The number of benzene rings is 1. The first-order valence-electron chi connectivity index (χ1n) is 5.28. The fourth-order valence-electron chi connectivity index (χ4n) is 1.41. The van der Waals surface area contributed by atoms with Gasteiger partial charge in [-0.15, -0.1) is 0 Å². The molecule has 4 nitrogen and oxygen atoms in total. The van der Waals surface area contributed by atoms with Crippen LogP contribution in [0.15, 0.2) is 23.1 Å². The summed E-state index contributed by atoms with van der Waals surface area (Å²) in [7, 11) is -1.83. The number of nitrogen functional groups attached to an aromatic ring is 1. The van der Waals surface area contributed by atoms with Gasteiger partial charge in [0.15, 0.2) is 0 Å².